The standard InChI is InChI=1S/C29H28N2O5S2/c1-19-6-10-23(11-7-19)37(33,34)30-16-21(18-32)14-26-25-4-3-5-27-29(25)22(15-28(26)30)17-31(27)38(35,36)24-12-8-20(2)9-13-24/h3-14,17,21,28,32H,15-16,18H2,1-2H3/t21-,28-/m0/s1. The molecule has 6 rings (SSSR count). The summed E-state index contributed by atoms with van der Waals surface area (Å²) in [5.74, 6) is -0.378. The van der Waals surface area contributed by atoms with Gasteiger partial charge in [-0.15, -0.1) is 0 Å². The second kappa shape index (κ2) is 8.91. The maximum absolute atomic E-state index is 13.9. The van der Waals surface area contributed by atoms with Gasteiger partial charge in [-0.3, -0.25) is 0 Å². The second-order valence-corrected chi connectivity index (χ2v) is 13.8. The minimum Gasteiger partial charge on any atom is -0.396 e. The van der Waals surface area contributed by atoms with Crippen molar-refractivity contribution < 1.29 is 21.9 Å². The fourth-order valence-corrected chi connectivity index (χ4v) is 8.64. The summed E-state index contributed by atoms with van der Waals surface area (Å²) < 4.78 is 57.9. The van der Waals surface area contributed by atoms with Crippen LogP contribution >= 0.6 is 0 Å². The number of benzene rings is 3. The molecule has 1 aliphatic carbocycles. The molecule has 4 aromatic rings. The first-order valence-electron chi connectivity index (χ1n) is 12.5. The molecule has 2 aliphatic rings. The van der Waals surface area contributed by atoms with Crippen LogP contribution in [0.3, 0.4) is 0 Å². The Bertz CT molecular complexity index is 1800. The average molecular weight is 549 g/mol. The topological polar surface area (TPSA) is 96.7 Å². The van der Waals surface area contributed by atoms with Crippen LogP contribution in [0.4, 0.5) is 0 Å². The Morgan fingerprint density at radius 1 is 0.842 bits per heavy atom. The van der Waals surface area contributed by atoms with Crippen LogP contribution in [0.5, 0.6) is 0 Å². The molecule has 0 amide bonds. The van der Waals surface area contributed by atoms with Gasteiger partial charge in [0.05, 0.1) is 28.0 Å². The first kappa shape index (κ1) is 25.1. The molecule has 0 fully saturated rings. The lowest BCUT2D eigenvalue weighted by atomic mass is 9.81. The average Bonchev–Trinajstić information content (AvgIpc) is 3.29. The van der Waals surface area contributed by atoms with E-state index in [9.17, 15) is 21.9 Å². The van der Waals surface area contributed by atoms with Crippen LogP contribution in [0.15, 0.2) is 88.8 Å². The maximum atomic E-state index is 13.9. The molecular formula is C29H28N2O5S2. The van der Waals surface area contributed by atoms with E-state index in [4.69, 9.17) is 0 Å². The van der Waals surface area contributed by atoms with E-state index >= 15 is 0 Å². The van der Waals surface area contributed by atoms with Crippen molar-refractivity contribution in [3.63, 3.8) is 0 Å². The van der Waals surface area contributed by atoms with E-state index in [1.54, 1.807) is 66.9 Å². The number of aryl methyl sites for hydroxylation is 2. The number of nitrogens with zero attached hydrogens (tertiary/aromatic N) is 2. The van der Waals surface area contributed by atoms with E-state index in [0.29, 0.717) is 11.9 Å². The summed E-state index contributed by atoms with van der Waals surface area (Å²) in [4.78, 5) is 0.390. The van der Waals surface area contributed by atoms with E-state index in [1.165, 1.54) is 8.28 Å². The normalized spacial score (nSPS) is 19.8. The van der Waals surface area contributed by atoms with Crippen molar-refractivity contribution in [1.29, 1.82) is 0 Å². The molecule has 2 heterocycles. The van der Waals surface area contributed by atoms with Gasteiger partial charge < -0.3 is 5.11 Å². The maximum Gasteiger partial charge on any atom is 0.268 e. The zero-order chi connectivity index (χ0) is 26.8. The minimum absolute atomic E-state index is 0.147. The lowest BCUT2D eigenvalue weighted by Gasteiger charge is -2.40. The Balaban J connectivity index is 1.51. The number of sulfonamides is 1. The first-order valence-corrected chi connectivity index (χ1v) is 15.4. The number of hydrogen-bond acceptors (Lipinski definition) is 5. The number of aliphatic hydroxyl groups excluding tert-OH is 1. The molecule has 0 spiro atoms. The summed E-state index contributed by atoms with van der Waals surface area (Å²) in [6.07, 6.45) is 3.92. The molecule has 9 heteroatoms. The summed E-state index contributed by atoms with van der Waals surface area (Å²) in [5, 5.41) is 10.9. The van der Waals surface area contributed by atoms with Crippen molar-refractivity contribution >= 4 is 36.5 Å². The van der Waals surface area contributed by atoms with E-state index in [0.717, 1.165) is 33.2 Å². The molecule has 1 N–H and O–H groups in total. The van der Waals surface area contributed by atoms with Crippen LogP contribution in [0.1, 0.15) is 22.3 Å². The highest BCUT2D eigenvalue weighted by Crippen LogP contribution is 2.44. The van der Waals surface area contributed by atoms with Crippen LogP contribution in [-0.2, 0) is 26.5 Å². The lowest BCUT2D eigenvalue weighted by Crippen LogP contribution is -2.48. The van der Waals surface area contributed by atoms with E-state index in [1.807, 2.05) is 26.0 Å². The Kier molecular flexibility index (Phi) is 5.88. The zero-order valence-electron chi connectivity index (χ0n) is 21.1. The van der Waals surface area contributed by atoms with Crippen molar-refractivity contribution in [2.45, 2.75) is 36.1 Å². The first-order chi connectivity index (χ1) is 18.1. The Morgan fingerprint density at radius 3 is 2.05 bits per heavy atom. The fraction of sp³-hybridized carbons (Fsp3) is 0.241. The third kappa shape index (κ3) is 3.84. The molecule has 196 valence electrons. The molecule has 38 heavy (non-hydrogen) atoms. The highest BCUT2D eigenvalue weighted by Gasteiger charge is 2.42. The number of rotatable bonds is 5. The third-order valence-corrected chi connectivity index (χ3v) is 11.2. The number of hydrogen-bond donors (Lipinski definition) is 1. The molecule has 1 aliphatic heterocycles. The van der Waals surface area contributed by atoms with E-state index in [-0.39, 0.29) is 28.9 Å². The van der Waals surface area contributed by atoms with Gasteiger partial charge in [0, 0.05) is 24.0 Å². The highest BCUT2D eigenvalue weighted by molar-refractivity contribution is 7.90. The predicted octanol–water partition coefficient (Wildman–Crippen LogP) is 4.12. The Hall–Kier alpha value is -3.24. The Morgan fingerprint density at radius 2 is 1.45 bits per heavy atom. The molecule has 0 saturated heterocycles. The van der Waals surface area contributed by atoms with Gasteiger partial charge in [0.2, 0.25) is 10.0 Å². The fourth-order valence-electron chi connectivity index (χ4n) is 5.60. The van der Waals surface area contributed by atoms with Gasteiger partial charge in [0.1, 0.15) is 0 Å². The summed E-state index contributed by atoms with van der Waals surface area (Å²) in [6, 6.07) is 18.5. The van der Waals surface area contributed by atoms with Crippen LogP contribution in [0, 0.1) is 19.8 Å². The summed E-state index contributed by atoms with van der Waals surface area (Å²) in [5.41, 5.74) is 4.85. The molecule has 7 nitrogen and oxygen atoms in total. The van der Waals surface area contributed by atoms with Gasteiger partial charge >= 0.3 is 0 Å². The Labute approximate surface area is 222 Å². The zero-order valence-corrected chi connectivity index (χ0v) is 22.7. The summed E-state index contributed by atoms with van der Waals surface area (Å²) >= 11 is 0. The monoisotopic (exact) mass is 548 g/mol. The van der Waals surface area contributed by atoms with Gasteiger partial charge in [-0.05, 0) is 67.3 Å². The van der Waals surface area contributed by atoms with Gasteiger partial charge in [0.25, 0.3) is 10.0 Å². The van der Waals surface area contributed by atoms with Crippen molar-refractivity contribution in [1.82, 2.24) is 8.28 Å². The van der Waals surface area contributed by atoms with Gasteiger partial charge in [-0.2, -0.15) is 4.31 Å². The SMILES string of the molecule is Cc1ccc(S(=O)(=O)N2C[C@@H](CO)C=C3c4cccc5c4c(cn5S(=O)(=O)c4ccc(C)cc4)C[C@@H]32)cc1. The molecule has 2 atom stereocenters. The minimum atomic E-state index is -3.88. The predicted molar refractivity (Wildman–Crippen MR) is 147 cm³/mol. The number of fused-ring (bicyclic) bond motifs is 2. The van der Waals surface area contributed by atoms with Crippen LogP contribution in [0.25, 0.3) is 16.5 Å². The summed E-state index contributed by atoms with van der Waals surface area (Å²) in [6.45, 7) is 3.76. The number of aliphatic hydroxyl groups is 1. The van der Waals surface area contributed by atoms with Crippen LogP contribution < -0.4 is 0 Å². The molecular weight excluding hydrogens is 520 g/mol. The third-order valence-electron chi connectivity index (χ3n) is 7.57. The van der Waals surface area contributed by atoms with E-state index in [2.05, 4.69) is 0 Å². The van der Waals surface area contributed by atoms with Gasteiger partial charge in [0.15, 0.2) is 0 Å². The number of aromatic nitrogens is 1. The molecule has 3 aromatic carbocycles. The van der Waals surface area contributed by atoms with Gasteiger partial charge in [-0.1, -0.05) is 53.6 Å². The molecule has 0 unspecified atom stereocenters. The van der Waals surface area contributed by atoms with Crippen molar-refractivity contribution in [2.75, 3.05) is 13.2 Å². The van der Waals surface area contributed by atoms with Crippen molar-refractivity contribution in [2.24, 2.45) is 5.92 Å². The molecule has 0 saturated carbocycles. The highest BCUT2D eigenvalue weighted by atomic mass is 32.2. The van der Waals surface area contributed by atoms with Gasteiger partial charge in [-0.25, -0.2) is 20.8 Å². The van der Waals surface area contributed by atoms with Crippen LogP contribution in [-0.4, -0.2) is 49.4 Å². The largest absolute Gasteiger partial charge is 0.396 e. The molecule has 0 bridgehead atoms. The summed E-state index contributed by atoms with van der Waals surface area (Å²) in [7, 11) is -7.75. The van der Waals surface area contributed by atoms with Crippen molar-refractivity contribution in [3.05, 3.63) is 101 Å². The second-order valence-electron chi connectivity index (χ2n) is 10.1. The lowest BCUT2D eigenvalue weighted by molar-refractivity contribution is 0.212. The molecule has 1 aromatic heterocycles. The smallest absolute Gasteiger partial charge is 0.268 e. The molecule has 0 radical (unpaired) electrons. The van der Waals surface area contributed by atoms with Crippen LogP contribution in [0.2, 0.25) is 0 Å². The van der Waals surface area contributed by atoms with E-state index < -0.39 is 26.1 Å². The quantitative estimate of drug-likeness (QED) is 0.405. The van der Waals surface area contributed by atoms with Crippen molar-refractivity contribution in [3.8, 4) is 0 Å².